The molecule has 0 heterocycles. The van der Waals surface area contributed by atoms with Crippen LogP contribution in [-0.2, 0) is 6.18 Å². The van der Waals surface area contributed by atoms with E-state index in [4.69, 9.17) is 0 Å². The fourth-order valence-electron chi connectivity index (χ4n) is 0.627. The van der Waals surface area contributed by atoms with Crippen LogP contribution in [0.25, 0.3) is 0 Å². The Balaban J connectivity index is -0.000000333. The third-order valence-electron chi connectivity index (χ3n) is 1.10. The molecular weight excluding hydrogens is 419 g/mol. The van der Waals surface area contributed by atoms with Gasteiger partial charge in [0.05, 0.1) is 5.56 Å². The molecule has 0 N–H and O–H groups in total. The maximum atomic E-state index is 11.8. The predicted octanol–water partition coefficient (Wildman–Crippen LogP) is -3.67. The van der Waals surface area contributed by atoms with Crippen LogP contribution in [0.1, 0.15) is 5.56 Å². The van der Waals surface area contributed by atoms with E-state index in [0.29, 0.717) is 0 Å². The Bertz CT molecular complexity index is 213. The average Bonchev–Trinajstić information content (AvgIpc) is 1.88. The van der Waals surface area contributed by atoms with E-state index in [1.54, 1.807) is 6.07 Å². The molecule has 0 fully saturated rings. The molecule has 0 aliphatic carbocycles. The van der Waals surface area contributed by atoms with Crippen molar-refractivity contribution in [2.45, 2.75) is 6.18 Å². The van der Waals surface area contributed by atoms with Gasteiger partial charge in [0.2, 0.25) is 0 Å². The van der Waals surface area contributed by atoms with Gasteiger partial charge in [-0.25, -0.2) is 0 Å². The maximum absolute atomic E-state index is 11.8. The van der Waals surface area contributed by atoms with Gasteiger partial charge < -0.3 is 48.0 Å². The molecule has 0 aromatic heterocycles. The molecule has 6 heteroatoms. The van der Waals surface area contributed by atoms with E-state index in [9.17, 15) is 13.2 Å². The molecule has 1 rings (SSSR count). The third kappa shape index (κ3) is 7.20. The SMILES string of the molecule is FC(F)(F)c1ccccc1.[I-].[I-].[Mg+2]. The van der Waals surface area contributed by atoms with Crippen LogP contribution in [0, 0.1) is 0 Å². The van der Waals surface area contributed by atoms with E-state index < -0.39 is 11.7 Å². The molecule has 13 heavy (non-hydrogen) atoms. The van der Waals surface area contributed by atoms with Gasteiger partial charge in [0, 0.05) is 0 Å². The quantitative estimate of drug-likeness (QED) is 0.298. The fraction of sp³-hybridized carbons (Fsp3) is 0.143. The van der Waals surface area contributed by atoms with Crippen molar-refractivity contribution in [2.75, 3.05) is 0 Å². The molecule has 70 valence electrons. The number of halogens is 5. The minimum Gasteiger partial charge on any atom is -1.00 e. The Hall–Kier alpha value is 1.24. The minimum absolute atomic E-state index is 0. The summed E-state index contributed by atoms with van der Waals surface area (Å²) in [7, 11) is 0. The molecular formula is C7H5F3I2Mg. The van der Waals surface area contributed by atoms with Gasteiger partial charge >= 0.3 is 29.2 Å². The zero-order valence-corrected chi connectivity index (χ0v) is 12.2. The predicted molar refractivity (Wildman–Crippen MR) is 37.2 cm³/mol. The molecule has 0 unspecified atom stereocenters. The Morgan fingerprint density at radius 1 is 0.846 bits per heavy atom. The fourth-order valence-corrected chi connectivity index (χ4v) is 0.627. The van der Waals surface area contributed by atoms with Crippen LogP contribution in [0.2, 0.25) is 0 Å². The molecule has 0 saturated heterocycles. The molecule has 0 nitrogen and oxygen atoms in total. The summed E-state index contributed by atoms with van der Waals surface area (Å²) < 4.78 is 35.4. The van der Waals surface area contributed by atoms with Crippen LogP contribution in [0.4, 0.5) is 13.2 Å². The van der Waals surface area contributed by atoms with E-state index in [1.165, 1.54) is 12.1 Å². The summed E-state index contributed by atoms with van der Waals surface area (Å²) in [5.41, 5.74) is -0.602. The summed E-state index contributed by atoms with van der Waals surface area (Å²) in [5, 5.41) is 0. The van der Waals surface area contributed by atoms with E-state index >= 15 is 0 Å². The van der Waals surface area contributed by atoms with Gasteiger partial charge in [-0.3, -0.25) is 0 Å². The summed E-state index contributed by atoms with van der Waals surface area (Å²) in [6, 6.07) is 6.36. The first kappa shape index (κ1) is 19.8. The Morgan fingerprint density at radius 2 is 1.23 bits per heavy atom. The Kier molecular flexibility index (Phi) is 13.0. The third-order valence-corrected chi connectivity index (χ3v) is 1.10. The van der Waals surface area contributed by atoms with Crippen molar-refractivity contribution >= 4 is 23.1 Å². The van der Waals surface area contributed by atoms with Crippen molar-refractivity contribution in [3.05, 3.63) is 35.9 Å². The number of alkyl halides is 3. The molecule has 0 bridgehead atoms. The molecule has 0 atom stereocenters. The summed E-state index contributed by atoms with van der Waals surface area (Å²) in [4.78, 5) is 0. The second-order valence-corrected chi connectivity index (χ2v) is 1.86. The largest absolute Gasteiger partial charge is 2.00 e. The molecule has 1 aromatic rings. The van der Waals surface area contributed by atoms with Gasteiger partial charge in [-0.15, -0.1) is 0 Å². The summed E-state index contributed by atoms with van der Waals surface area (Å²) in [6.07, 6.45) is -4.21. The van der Waals surface area contributed by atoms with Crippen molar-refractivity contribution in [1.82, 2.24) is 0 Å². The van der Waals surface area contributed by atoms with Gasteiger partial charge in [0.1, 0.15) is 0 Å². The maximum Gasteiger partial charge on any atom is 2.00 e. The molecule has 0 spiro atoms. The van der Waals surface area contributed by atoms with Crippen LogP contribution in [0.15, 0.2) is 30.3 Å². The molecule has 0 saturated carbocycles. The van der Waals surface area contributed by atoms with E-state index in [0.717, 1.165) is 12.1 Å². The minimum atomic E-state index is -4.21. The summed E-state index contributed by atoms with van der Waals surface area (Å²) in [6.45, 7) is 0. The summed E-state index contributed by atoms with van der Waals surface area (Å²) >= 11 is 0. The number of hydrogen-bond acceptors (Lipinski definition) is 0. The monoisotopic (exact) mass is 424 g/mol. The van der Waals surface area contributed by atoms with E-state index in [-0.39, 0.29) is 71.0 Å². The first-order chi connectivity index (χ1) is 4.61. The standard InChI is InChI=1S/C7H5F3.2HI.Mg/c8-7(9,10)6-4-2-1-3-5-6;;;/h1-5H;2*1H;/q;;;+2/p-2. The van der Waals surface area contributed by atoms with E-state index in [1.807, 2.05) is 0 Å². The number of rotatable bonds is 0. The van der Waals surface area contributed by atoms with Crippen molar-refractivity contribution < 1.29 is 61.1 Å². The van der Waals surface area contributed by atoms with Crippen molar-refractivity contribution in [3.63, 3.8) is 0 Å². The van der Waals surface area contributed by atoms with Gasteiger partial charge in [-0.1, -0.05) is 30.3 Å². The molecule has 0 radical (unpaired) electrons. The van der Waals surface area contributed by atoms with Crippen molar-refractivity contribution in [1.29, 1.82) is 0 Å². The Labute approximate surface area is 125 Å². The smallest absolute Gasteiger partial charge is 1.00 e. The number of benzene rings is 1. The van der Waals surface area contributed by atoms with Gasteiger partial charge in [0.25, 0.3) is 0 Å². The normalized spacial score (nSPS) is 8.85. The van der Waals surface area contributed by atoms with Crippen LogP contribution >= 0.6 is 0 Å². The first-order valence-electron chi connectivity index (χ1n) is 2.73. The van der Waals surface area contributed by atoms with Crippen LogP contribution in [0.5, 0.6) is 0 Å². The second-order valence-electron chi connectivity index (χ2n) is 1.86. The molecule has 0 amide bonds. The van der Waals surface area contributed by atoms with Crippen LogP contribution < -0.4 is 48.0 Å². The van der Waals surface area contributed by atoms with Gasteiger partial charge in [-0.05, 0) is 0 Å². The summed E-state index contributed by atoms with van der Waals surface area (Å²) in [5.74, 6) is 0. The zero-order chi connectivity index (χ0) is 7.61. The second kappa shape index (κ2) is 8.54. The molecule has 0 aliphatic rings. The van der Waals surface area contributed by atoms with Crippen LogP contribution in [0.3, 0.4) is 0 Å². The number of hydrogen-bond donors (Lipinski definition) is 0. The van der Waals surface area contributed by atoms with Crippen molar-refractivity contribution in [3.8, 4) is 0 Å². The Morgan fingerprint density at radius 3 is 1.46 bits per heavy atom. The van der Waals surface area contributed by atoms with Gasteiger partial charge in [0.15, 0.2) is 0 Å². The zero-order valence-electron chi connectivity index (χ0n) is 6.48. The first-order valence-corrected chi connectivity index (χ1v) is 2.73. The average molecular weight is 424 g/mol. The van der Waals surface area contributed by atoms with E-state index in [2.05, 4.69) is 0 Å². The molecule has 0 aliphatic heterocycles. The molecule has 1 aromatic carbocycles. The van der Waals surface area contributed by atoms with Gasteiger partial charge in [-0.2, -0.15) is 13.2 Å². The van der Waals surface area contributed by atoms with Crippen LogP contribution in [-0.4, -0.2) is 23.1 Å². The topological polar surface area (TPSA) is 0 Å². The van der Waals surface area contributed by atoms with Crippen molar-refractivity contribution in [2.24, 2.45) is 0 Å².